The Morgan fingerprint density at radius 1 is 1.10 bits per heavy atom. The zero-order valence-electron chi connectivity index (χ0n) is 11.7. The molecule has 2 aromatic carbocycles. The summed E-state index contributed by atoms with van der Waals surface area (Å²) in [6.07, 6.45) is 0. The molecular formula is C17H16O2S2. The van der Waals surface area contributed by atoms with E-state index in [9.17, 15) is 4.79 Å². The van der Waals surface area contributed by atoms with Gasteiger partial charge in [-0.05, 0) is 18.1 Å². The first-order valence-electron chi connectivity index (χ1n) is 6.70. The Morgan fingerprint density at radius 3 is 2.24 bits per heavy atom. The molecule has 1 atom stereocenters. The van der Waals surface area contributed by atoms with Gasteiger partial charge in [0.1, 0.15) is 5.25 Å². The molecule has 2 nitrogen and oxygen atoms in total. The van der Waals surface area contributed by atoms with E-state index >= 15 is 0 Å². The first kappa shape index (κ1) is 15.7. The van der Waals surface area contributed by atoms with Crippen LogP contribution in [0.25, 0.3) is 0 Å². The van der Waals surface area contributed by atoms with Crippen LogP contribution in [-0.2, 0) is 9.53 Å². The minimum Gasteiger partial charge on any atom is -0.465 e. The van der Waals surface area contributed by atoms with Crippen LogP contribution < -0.4 is 0 Å². The topological polar surface area (TPSA) is 26.3 Å². The zero-order valence-corrected chi connectivity index (χ0v) is 13.3. The fourth-order valence-electron chi connectivity index (χ4n) is 1.85. The number of thioether (sulfide) groups is 1. The molecule has 0 bridgehead atoms. The largest absolute Gasteiger partial charge is 0.465 e. The Morgan fingerprint density at radius 2 is 1.67 bits per heavy atom. The summed E-state index contributed by atoms with van der Waals surface area (Å²) in [5, 5.41) is -0.432. The number of hydrogen-bond acceptors (Lipinski definition) is 4. The lowest BCUT2D eigenvalue weighted by Gasteiger charge is -2.16. The van der Waals surface area contributed by atoms with Gasteiger partial charge in [-0.1, -0.05) is 84.6 Å². The lowest BCUT2D eigenvalue weighted by atomic mass is 10.1. The number of carbonyl (C=O) groups excluding carboxylic acids is 1. The average Bonchev–Trinajstić information content (AvgIpc) is 2.54. The van der Waals surface area contributed by atoms with Gasteiger partial charge in [-0.25, -0.2) is 0 Å². The van der Waals surface area contributed by atoms with Crippen LogP contribution >= 0.6 is 24.0 Å². The van der Waals surface area contributed by atoms with Crippen molar-refractivity contribution in [2.45, 2.75) is 12.2 Å². The molecule has 0 heterocycles. The molecule has 108 valence electrons. The van der Waals surface area contributed by atoms with Crippen molar-refractivity contribution in [3.8, 4) is 0 Å². The second kappa shape index (κ2) is 7.96. The number of ether oxygens (including phenoxy) is 1. The number of carbonyl (C=O) groups is 1. The van der Waals surface area contributed by atoms with Crippen LogP contribution in [-0.4, -0.2) is 16.8 Å². The molecule has 0 radical (unpaired) electrons. The normalized spacial score (nSPS) is 11.7. The van der Waals surface area contributed by atoms with E-state index in [0.29, 0.717) is 10.8 Å². The minimum atomic E-state index is -0.432. The molecule has 2 rings (SSSR count). The number of esters is 1. The van der Waals surface area contributed by atoms with E-state index in [1.807, 2.05) is 60.7 Å². The van der Waals surface area contributed by atoms with E-state index < -0.39 is 5.25 Å². The second-order valence-electron chi connectivity index (χ2n) is 4.31. The summed E-state index contributed by atoms with van der Waals surface area (Å²) in [4.78, 5) is 12.2. The molecule has 0 aliphatic heterocycles. The molecule has 0 fully saturated rings. The fraction of sp³-hybridized carbons (Fsp3) is 0.176. The van der Waals surface area contributed by atoms with Gasteiger partial charge in [0.05, 0.1) is 10.8 Å². The Bertz CT molecular complexity index is 597. The van der Waals surface area contributed by atoms with Crippen LogP contribution in [0.15, 0.2) is 60.7 Å². The number of thiocarbonyl (C=S) groups is 1. The summed E-state index contributed by atoms with van der Waals surface area (Å²) in [6.45, 7) is 2.17. The van der Waals surface area contributed by atoms with Gasteiger partial charge in [0, 0.05) is 0 Å². The molecule has 0 amide bonds. The average molecular weight is 316 g/mol. The van der Waals surface area contributed by atoms with Crippen LogP contribution in [0.5, 0.6) is 0 Å². The first-order chi connectivity index (χ1) is 10.2. The third-order valence-corrected chi connectivity index (χ3v) is 4.51. The van der Waals surface area contributed by atoms with Crippen molar-refractivity contribution in [3.05, 3.63) is 71.8 Å². The maximum atomic E-state index is 12.2. The van der Waals surface area contributed by atoms with E-state index in [0.717, 1.165) is 11.1 Å². The van der Waals surface area contributed by atoms with E-state index in [1.165, 1.54) is 11.8 Å². The number of benzene rings is 2. The summed E-state index contributed by atoms with van der Waals surface area (Å²) in [7, 11) is 0. The quantitative estimate of drug-likeness (QED) is 0.603. The van der Waals surface area contributed by atoms with Crippen molar-refractivity contribution in [1.29, 1.82) is 0 Å². The Hall–Kier alpha value is -1.65. The Kier molecular flexibility index (Phi) is 5.96. The van der Waals surface area contributed by atoms with Crippen molar-refractivity contribution < 1.29 is 9.53 Å². The van der Waals surface area contributed by atoms with E-state index in [1.54, 1.807) is 6.92 Å². The van der Waals surface area contributed by atoms with Gasteiger partial charge in [0.15, 0.2) is 0 Å². The SMILES string of the molecule is CCOC(=O)[C@@H](SC(=S)c1ccccc1)c1ccccc1. The van der Waals surface area contributed by atoms with Crippen LogP contribution in [0.3, 0.4) is 0 Å². The summed E-state index contributed by atoms with van der Waals surface area (Å²) in [6, 6.07) is 19.3. The predicted molar refractivity (Wildman–Crippen MR) is 91.5 cm³/mol. The Labute approximate surface area is 134 Å². The molecule has 0 aromatic heterocycles. The highest BCUT2D eigenvalue weighted by Gasteiger charge is 2.24. The Balaban J connectivity index is 2.20. The van der Waals surface area contributed by atoms with Crippen LogP contribution in [0, 0.1) is 0 Å². The monoisotopic (exact) mass is 316 g/mol. The summed E-state index contributed by atoms with van der Waals surface area (Å²) >= 11 is 6.81. The first-order valence-corrected chi connectivity index (χ1v) is 7.98. The van der Waals surface area contributed by atoms with Gasteiger partial charge in [-0.2, -0.15) is 0 Å². The minimum absolute atomic E-state index is 0.257. The standard InChI is InChI=1S/C17H16O2S2/c1-2-19-16(18)15(13-9-5-3-6-10-13)21-17(20)14-11-7-4-8-12-14/h3-12,15H,2H2,1H3/t15-/m0/s1. The molecule has 0 aliphatic rings. The van der Waals surface area contributed by atoms with Gasteiger partial charge < -0.3 is 4.74 Å². The third kappa shape index (κ3) is 4.41. The molecule has 2 aromatic rings. The second-order valence-corrected chi connectivity index (χ2v) is 6.10. The molecule has 21 heavy (non-hydrogen) atoms. The fourth-order valence-corrected chi connectivity index (χ4v) is 3.22. The molecule has 0 aliphatic carbocycles. The van der Waals surface area contributed by atoms with E-state index in [2.05, 4.69) is 0 Å². The molecule has 0 saturated carbocycles. The maximum absolute atomic E-state index is 12.2. The molecule has 0 N–H and O–H groups in total. The molecule has 0 unspecified atom stereocenters. The molecule has 0 spiro atoms. The van der Waals surface area contributed by atoms with Gasteiger partial charge in [-0.3, -0.25) is 4.79 Å². The lowest BCUT2D eigenvalue weighted by molar-refractivity contribution is -0.142. The third-order valence-electron chi connectivity index (χ3n) is 2.84. The van der Waals surface area contributed by atoms with E-state index in [4.69, 9.17) is 17.0 Å². The van der Waals surface area contributed by atoms with Crippen LogP contribution in [0.2, 0.25) is 0 Å². The van der Waals surface area contributed by atoms with Crippen LogP contribution in [0.4, 0.5) is 0 Å². The van der Waals surface area contributed by atoms with Crippen LogP contribution in [0.1, 0.15) is 23.3 Å². The summed E-state index contributed by atoms with van der Waals surface area (Å²) in [5.74, 6) is -0.257. The smallest absolute Gasteiger partial charge is 0.323 e. The van der Waals surface area contributed by atoms with Crippen molar-refractivity contribution in [2.24, 2.45) is 0 Å². The van der Waals surface area contributed by atoms with Crippen molar-refractivity contribution in [3.63, 3.8) is 0 Å². The predicted octanol–water partition coefficient (Wildman–Crippen LogP) is 4.40. The summed E-state index contributed by atoms with van der Waals surface area (Å²) < 4.78 is 5.87. The molecular weight excluding hydrogens is 300 g/mol. The molecule has 4 heteroatoms. The number of hydrogen-bond donors (Lipinski definition) is 0. The highest BCUT2D eigenvalue weighted by molar-refractivity contribution is 8.24. The van der Waals surface area contributed by atoms with Gasteiger partial charge >= 0.3 is 5.97 Å². The van der Waals surface area contributed by atoms with Crippen molar-refractivity contribution in [2.75, 3.05) is 6.61 Å². The zero-order chi connectivity index (χ0) is 15.1. The molecule has 0 saturated heterocycles. The highest BCUT2D eigenvalue weighted by atomic mass is 32.2. The highest BCUT2D eigenvalue weighted by Crippen LogP contribution is 2.33. The van der Waals surface area contributed by atoms with E-state index in [-0.39, 0.29) is 5.97 Å². The van der Waals surface area contributed by atoms with Crippen molar-refractivity contribution in [1.82, 2.24) is 0 Å². The lowest BCUT2D eigenvalue weighted by Crippen LogP contribution is -2.15. The van der Waals surface area contributed by atoms with Gasteiger partial charge in [-0.15, -0.1) is 0 Å². The maximum Gasteiger partial charge on any atom is 0.323 e. The number of rotatable bonds is 5. The summed E-state index contributed by atoms with van der Waals surface area (Å²) in [5.41, 5.74) is 1.85. The van der Waals surface area contributed by atoms with Gasteiger partial charge in [0.25, 0.3) is 0 Å². The van der Waals surface area contributed by atoms with Crippen molar-refractivity contribution >= 4 is 34.1 Å². The van der Waals surface area contributed by atoms with Gasteiger partial charge in [0.2, 0.25) is 0 Å².